The van der Waals surface area contributed by atoms with Crippen molar-refractivity contribution in [1.29, 1.82) is 0 Å². The maximum Gasteiger partial charge on any atom is 0.251 e. The highest BCUT2D eigenvalue weighted by Gasteiger charge is 2.06. The topological polar surface area (TPSA) is 54.3 Å². The molecule has 0 saturated carbocycles. The van der Waals surface area contributed by atoms with Gasteiger partial charge in [0.15, 0.2) is 0 Å². The lowest BCUT2D eigenvalue weighted by atomic mass is 10.2. The molecule has 1 amide bonds. The zero-order valence-electron chi connectivity index (χ0n) is 13.3. The minimum atomic E-state index is -0.118. The molecule has 6 heteroatoms. The van der Waals surface area contributed by atoms with Gasteiger partial charge in [0.2, 0.25) is 0 Å². The van der Waals surface area contributed by atoms with Crippen LogP contribution in [0.3, 0.4) is 0 Å². The van der Waals surface area contributed by atoms with Crippen LogP contribution in [-0.2, 0) is 6.54 Å². The molecule has 0 unspecified atom stereocenters. The standard InChI is InChI=1S/C17H20ClN3O2/c1-20(2)15-6-3-5-13(11-15)17(23)19-9-4-10-21-12-14(18)7-8-16(21)22/h3,5-8,11-12H,4,9-10H2,1-2H3,(H,19,23). The number of nitrogens with zero attached hydrogens (tertiary/aromatic N) is 2. The highest BCUT2D eigenvalue weighted by molar-refractivity contribution is 6.30. The Kier molecular flexibility index (Phi) is 5.82. The summed E-state index contributed by atoms with van der Waals surface area (Å²) in [4.78, 5) is 25.7. The number of nitrogens with one attached hydrogen (secondary N) is 1. The van der Waals surface area contributed by atoms with Crippen LogP contribution in [0.25, 0.3) is 0 Å². The zero-order valence-corrected chi connectivity index (χ0v) is 14.0. The van der Waals surface area contributed by atoms with Gasteiger partial charge in [-0.1, -0.05) is 17.7 Å². The summed E-state index contributed by atoms with van der Waals surface area (Å²) in [5.74, 6) is -0.118. The molecule has 0 aliphatic heterocycles. The SMILES string of the molecule is CN(C)c1cccc(C(=O)NCCCn2cc(Cl)ccc2=O)c1. The van der Waals surface area contributed by atoms with Crippen molar-refractivity contribution in [1.82, 2.24) is 9.88 Å². The lowest BCUT2D eigenvalue weighted by Gasteiger charge is -2.13. The Morgan fingerprint density at radius 2 is 2.04 bits per heavy atom. The zero-order chi connectivity index (χ0) is 16.8. The first-order chi connectivity index (χ1) is 11.0. The van der Waals surface area contributed by atoms with Gasteiger partial charge in [-0.3, -0.25) is 9.59 Å². The number of hydrogen-bond acceptors (Lipinski definition) is 3. The number of benzene rings is 1. The fourth-order valence-electron chi connectivity index (χ4n) is 2.16. The van der Waals surface area contributed by atoms with Crippen molar-refractivity contribution in [2.24, 2.45) is 0 Å². The van der Waals surface area contributed by atoms with Crippen molar-refractivity contribution in [2.45, 2.75) is 13.0 Å². The molecular formula is C17H20ClN3O2. The number of pyridine rings is 1. The van der Waals surface area contributed by atoms with E-state index < -0.39 is 0 Å². The third-order valence-electron chi connectivity index (χ3n) is 3.43. The summed E-state index contributed by atoms with van der Waals surface area (Å²) in [5, 5.41) is 3.39. The number of hydrogen-bond donors (Lipinski definition) is 1. The summed E-state index contributed by atoms with van der Waals surface area (Å²) in [7, 11) is 3.86. The molecule has 23 heavy (non-hydrogen) atoms. The van der Waals surface area contributed by atoms with Crippen molar-refractivity contribution in [3.8, 4) is 0 Å². The Morgan fingerprint density at radius 3 is 2.78 bits per heavy atom. The van der Waals surface area contributed by atoms with Gasteiger partial charge in [-0.2, -0.15) is 0 Å². The molecule has 1 aromatic heterocycles. The maximum atomic E-state index is 12.1. The fraction of sp³-hybridized carbons (Fsp3) is 0.294. The second kappa shape index (κ2) is 7.83. The van der Waals surface area contributed by atoms with E-state index in [0.717, 1.165) is 5.69 Å². The van der Waals surface area contributed by atoms with Gasteiger partial charge >= 0.3 is 0 Å². The molecule has 0 aliphatic rings. The Bertz CT molecular complexity index is 741. The molecule has 1 aromatic carbocycles. The number of halogens is 1. The number of aryl methyl sites for hydroxylation is 1. The van der Waals surface area contributed by atoms with Gasteiger partial charge in [0.1, 0.15) is 0 Å². The predicted octanol–water partition coefficient (Wildman–Crippen LogP) is 2.39. The number of amides is 1. The van der Waals surface area contributed by atoms with Crippen LogP contribution in [0.5, 0.6) is 0 Å². The molecule has 1 N–H and O–H groups in total. The summed E-state index contributed by atoms with van der Waals surface area (Å²) in [6.07, 6.45) is 2.26. The average molecular weight is 334 g/mol. The lowest BCUT2D eigenvalue weighted by Crippen LogP contribution is -2.27. The normalized spacial score (nSPS) is 10.4. The minimum absolute atomic E-state index is 0.0978. The lowest BCUT2D eigenvalue weighted by molar-refractivity contribution is 0.0952. The highest BCUT2D eigenvalue weighted by atomic mass is 35.5. The van der Waals surface area contributed by atoms with E-state index >= 15 is 0 Å². The molecular weight excluding hydrogens is 314 g/mol. The number of carbonyl (C=O) groups is 1. The third kappa shape index (κ3) is 4.86. The van der Waals surface area contributed by atoms with Gasteiger partial charge in [-0.05, 0) is 30.7 Å². The molecule has 2 rings (SSSR count). The van der Waals surface area contributed by atoms with Gasteiger partial charge in [-0.15, -0.1) is 0 Å². The first-order valence-corrected chi connectivity index (χ1v) is 7.77. The average Bonchev–Trinajstić information content (AvgIpc) is 2.54. The smallest absolute Gasteiger partial charge is 0.251 e. The fourth-order valence-corrected chi connectivity index (χ4v) is 2.34. The Hall–Kier alpha value is -2.27. The summed E-state index contributed by atoms with van der Waals surface area (Å²) in [6, 6.07) is 10.4. The molecule has 5 nitrogen and oxygen atoms in total. The maximum absolute atomic E-state index is 12.1. The third-order valence-corrected chi connectivity index (χ3v) is 3.66. The van der Waals surface area contributed by atoms with Crippen molar-refractivity contribution in [3.05, 3.63) is 63.5 Å². The van der Waals surface area contributed by atoms with Gasteiger partial charge in [-0.25, -0.2) is 0 Å². The molecule has 0 radical (unpaired) electrons. The van der Waals surface area contributed by atoms with Crippen molar-refractivity contribution < 1.29 is 4.79 Å². The Labute approximate surface area is 140 Å². The number of carbonyl (C=O) groups excluding carboxylic acids is 1. The first kappa shape index (κ1) is 17.1. The van der Waals surface area contributed by atoms with Crippen molar-refractivity contribution in [3.63, 3.8) is 0 Å². The molecule has 0 saturated heterocycles. The molecule has 122 valence electrons. The van der Waals surface area contributed by atoms with Crippen LogP contribution in [0, 0.1) is 0 Å². The quantitative estimate of drug-likeness (QED) is 0.826. The molecule has 1 heterocycles. The number of rotatable bonds is 6. The number of anilines is 1. The van der Waals surface area contributed by atoms with Crippen LogP contribution < -0.4 is 15.8 Å². The van der Waals surface area contributed by atoms with E-state index in [1.165, 1.54) is 6.07 Å². The first-order valence-electron chi connectivity index (χ1n) is 7.39. The number of aromatic nitrogens is 1. The Balaban J connectivity index is 1.86. The summed E-state index contributed by atoms with van der Waals surface area (Å²) < 4.78 is 1.54. The van der Waals surface area contributed by atoms with Crippen molar-refractivity contribution in [2.75, 3.05) is 25.5 Å². The van der Waals surface area contributed by atoms with Crippen LogP contribution in [-0.4, -0.2) is 31.1 Å². The molecule has 0 bridgehead atoms. The second-order valence-electron chi connectivity index (χ2n) is 5.43. The molecule has 0 spiro atoms. The monoisotopic (exact) mass is 333 g/mol. The van der Waals surface area contributed by atoms with E-state index in [1.54, 1.807) is 22.9 Å². The van der Waals surface area contributed by atoms with E-state index in [1.807, 2.05) is 37.2 Å². The van der Waals surface area contributed by atoms with Crippen LogP contribution in [0.15, 0.2) is 47.4 Å². The molecule has 0 fully saturated rings. The van der Waals surface area contributed by atoms with E-state index in [9.17, 15) is 9.59 Å². The van der Waals surface area contributed by atoms with Crippen molar-refractivity contribution >= 4 is 23.2 Å². The van der Waals surface area contributed by atoms with E-state index in [4.69, 9.17) is 11.6 Å². The van der Waals surface area contributed by atoms with Crippen LogP contribution in [0.1, 0.15) is 16.8 Å². The molecule has 2 aromatic rings. The van der Waals surface area contributed by atoms with Gasteiger partial charge in [0, 0.05) is 50.7 Å². The predicted molar refractivity (Wildman–Crippen MR) is 93.4 cm³/mol. The highest BCUT2D eigenvalue weighted by Crippen LogP contribution is 2.13. The molecule has 0 atom stereocenters. The summed E-state index contributed by atoms with van der Waals surface area (Å²) in [6.45, 7) is 1.00. The largest absolute Gasteiger partial charge is 0.378 e. The van der Waals surface area contributed by atoms with E-state index in [0.29, 0.717) is 30.1 Å². The van der Waals surface area contributed by atoms with E-state index in [-0.39, 0.29) is 11.5 Å². The van der Waals surface area contributed by atoms with Gasteiger partial charge in [0.25, 0.3) is 11.5 Å². The van der Waals surface area contributed by atoms with Gasteiger partial charge in [0.05, 0.1) is 5.02 Å². The van der Waals surface area contributed by atoms with Gasteiger partial charge < -0.3 is 14.8 Å². The van der Waals surface area contributed by atoms with Crippen LogP contribution in [0.2, 0.25) is 5.02 Å². The second-order valence-corrected chi connectivity index (χ2v) is 5.87. The minimum Gasteiger partial charge on any atom is -0.378 e. The Morgan fingerprint density at radius 1 is 1.26 bits per heavy atom. The molecule has 0 aliphatic carbocycles. The van der Waals surface area contributed by atoms with E-state index in [2.05, 4.69) is 5.32 Å². The summed E-state index contributed by atoms with van der Waals surface area (Å²) >= 11 is 5.87. The van der Waals surface area contributed by atoms with Crippen LogP contribution >= 0.6 is 11.6 Å². The van der Waals surface area contributed by atoms with Crippen LogP contribution in [0.4, 0.5) is 5.69 Å². The summed E-state index contributed by atoms with van der Waals surface area (Å²) in [5.41, 5.74) is 1.50.